The molecule has 120 valence electrons. The third-order valence-corrected chi connectivity index (χ3v) is 6.08. The average Bonchev–Trinajstić information content (AvgIpc) is 3.13. The third-order valence-electron chi connectivity index (χ3n) is 5.03. The molecule has 1 unspecified atom stereocenters. The lowest BCUT2D eigenvalue weighted by atomic mass is 9.88. The van der Waals surface area contributed by atoms with E-state index in [1.807, 2.05) is 5.38 Å². The number of ether oxygens (including phenoxy) is 1. The highest BCUT2D eigenvalue weighted by Gasteiger charge is 2.44. The summed E-state index contributed by atoms with van der Waals surface area (Å²) in [5, 5.41) is 4.96. The maximum atomic E-state index is 12.7. The van der Waals surface area contributed by atoms with Crippen LogP contribution >= 0.6 is 11.3 Å². The van der Waals surface area contributed by atoms with E-state index in [1.54, 1.807) is 11.3 Å². The predicted octanol–water partition coefficient (Wildman–Crippen LogP) is 3.09. The molecule has 1 heterocycles. The van der Waals surface area contributed by atoms with Gasteiger partial charge < -0.3 is 10.1 Å². The Morgan fingerprint density at radius 1 is 1.36 bits per heavy atom. The quantitative estimate of drug-likeness (QED) is 0.871. The van der Waals surface area contributed by atoms with Gasteiger partial charge in [-0.3, -0.25) is 4.79 Å². The molecule has 0 bridgehead atoms. The number of carbonyl (C=O) groups is 2. The summed E-state index contributed by atoms with van der Waals surface area (Å²) in [6.45, 7) is 2.26. The lowest BCUT2D eigenvalue weighted by Gasteiger charge is -2.27. The number of nitrogens with one attached hydrogen (secondary N) is 1. The van der Waals surface area contributed by atoms with Gasteiger partial charge in [0, 0.05) is 10.3 Å². The molecule has 0 aromatic carbocycles. The van der Waals surface area contributed by atoms with Crippen LogP contribution in [0, 0.1) is 5.92 Å². The Labute approximate surface area is 135 Å². The number of amides is 1. The fourth-order valence-corrected chi connectivity index (χ4v) is 4.95. The summed E-state index contributed by atoms with van der Waals surface area (Å²) in [6, 6.07) is 0. The fourth-order valence-electron chi connectivity index (χ4n) is 3.71. The monoisotopic (exact) mass is 321 g/mol. The van der Waals surface area contributed by atoms with Crippen molar-refractivity contribution in [3.8, 4) is 0 Å². The van der Waals surface area contributed by atoms with Gasteiger partial charge >= 0.3 is 5.97 Å². The first-order chi connectivity index (χ1) is 10.6. The standard InChI is InChI=1S/C17H23NO3S/c1-11-5-6-12-13(10-22-14(12)9-11)15(19)18-17(16(20)21-2)7-3-4-8-17/h10-11H,3-9H2,1-2H3,(H,18,19). The van der Waals surface area contributed by atoms with Crippen LogP contribution in [0.25, 0.3) is 0 Å². The number of rotatable bonds is 3. The van der Waals surface area contributed by atoms with Gasteiger partial charge in [0.15, 0.2) is 0 Å². The van der Waals surface area contributed by atoms with Crippen LogP contribution in [0.1, 0.15) is 59.8 Å². The summed E-state index contributed by atoms with van der Waals surface area (Å²) >= 11 is 1.68. The van der Waals surface area contributed by atoms with E-state index < -0.39 is 5.54 Å². The second kappa shape index (κ2) is 6.03. The highest BCUT2D eigenvalue weighted by atomic mass is 32.1. The molecule has 1 amide bonds. The number of thiophene rings is 1. The highest BCUT2D eigenvalue weighted by Crippen LogP contribution is 2.35. The molecule has 1 aromatic rings. The molecule has 1 aromatic heterocycles. The minimum absolute atomic E-state index is 0.112. The number of fused-ring (bicyclic) bond motifs is 1. The smallest absolute Gasteiger partial charge is 0.331 e. The second-order valence-electron chi connectivity index (χ2n) is 6.63. The third kappa shape index (κ3) is 2.67. The molecule has 1 N–H and O–H groups in total. The van der Waals surface area contributed by atoms with Crippen LogP contribution in [-0.4, -0.2) is 24.5 Å². The van der Waals surface area contributed by atoms with Gasteiger partial charge in [-0.05, 0) is 43.6 Å². The summed E-state index contributed by atoms with van der Waals surface area (Å²) in [7, 11) is 1.39. The normalized spacial score (nSPS) is 22.9. The minimum atomic E-state index is -0.817. The zero-order valence-electron chi connectivity index (χ0n) is 13.2. The molecule has 1 atom stereocenters. The Bertz CT molecular complexity index is 587. The van der Waals surface area contributed by atoms with Gasteiger partial charge in [0.2, 0.25) is 0 Å². The topological polar surface area (TPSA) is 55.4 Å². The number of methoxy groups -OCH3 is 1. The van der Waals surface area contributed by atoms with Crippen LogP contribution in [0.15, 0.2) is 5.38 Å². The van der Waals surface area contributed by atoms with Crippen LogP contribution in [0.4, 0.5) is 0 Å². The number of esters is 1. The first-order valence-corrected chi connectivity index (χ1v) is 8.94. The lowest BCUT2D eigenvalue weighted by Crippen LogP contribution is -2.53. The summed E-state index contributed by atoms with van der Waals surface area (Å²) in [6.07, 6.45) is 6.42. The van der Waals surface area contributed by atoms with Crippen molar-refractivity contribution in [2.24, 2.45) is 5.92 Å². The van der Waals surface area contributed by atoms with Crippen molar-refractivity contribution in [2.75, 3.05) is 7.11 Å². The summed E-state index contributed by atoms with van der Waals surface area (Å²) in [4.78, 5) is 26.2. The summed E-state index contributed by atoms with van der Waals surface area (Å²) in [5.74, 6) is 0.272. The van der Waals surface area contributed by atoms with Gasteiger partial charge in [0.1, 0.15) is 5.54 Å². The van der Waals surface area contributed by atoms with Crippen molar-refractivity contribution in [2.45, 2.75) is 57.4 Å². The maximum Gasteiger partial charge on any atom is 0.331 e. The molecule has 2 aliphatic carbocycles. The van der Waals surface area contributed by atoms with E-state index in [-0.39, 0.29) is 11.9 Å². The van der Waals surface area contributed by atoms with E-state index in [1.165, 1.54) is 17.6 Å². The van der Waals surface area contributed by atoms with E-state index in [0.29, 0.717) is 18.8 Å². The van der Waals surface area contributed by atoms with Crippen LogP contribution in [0.3, 0.4) is 0 Å². The fraction of sp³-hybridized carbons (Fsp3) is 0.647. The highest BCUT2D eigenvalue weighted by molar-refractivity contribution is 7.10. The number of hydrogen-bond donors (Lipinski definition) is 1. The van der Waals surface area contributed by atoms with Gasteiger partial charge in [0.05, 0.1) is 12.7 Å². The first-order valence-electron chi connectivity index (χ1n) is 8.06. The maximum absolute atomic E-state index is 12.7. The van der Waals surface area contributed by atoms with Crippen LogP contribution in [0.2, 0.25) is 0 Å². The van der Waals surface area contributed by atoms with Crippen molar-refractivity contribution >= 4 is 23.2 Å². The number of carbonyl (C=O) groups excluding carboxylic acids is 2. The lowest BCUT2D eigenvalue weighted by molar-refractivity contribution is -0.148. The molecular formula is C17H23NO3S. The molecule has 2 aliphatic rings. The van der Waals surface area contributed by atoms with Crippen LogP contribution in [0.5, 0.6) is 0 Å². The summed E-state index contributed by atoms with van der Waals surface area (Å²) < 4.78 is 4.93. The average molecular weight is 321 g/mol. The molecule has 4 nitrogen and oxygen atoms in total. The molecule has 5 heteroatoms. The van der Waals surface area contributed by atoms with Crippen LogP contribution in [-0.2, 0) is 22.4 Å². The van der Waals surface area contributed by atoms with E-state index >= 15 is 0 Å². The molecule has 0 aliphatic heterocycles. The Balaban J connectivity index is 1.81. The van der Waals surface area contributed by atoms with Crippen LogP contribution < -0.4 is 5.32 Å². The summed E-state index contributed by atoms with van der Waals surface area (Å²) in [5.41, 5.74) is 1.14. The first kappa shape index (κ1) is 15.5. The van der Waals surface area contributed by atoms with Gasteiger partial charge in [-0.25, -0.2) is 4.79 Å². The van der Waals surface area contributed by atoms with Crippen molar-refractivity contribution in [3.63, 3.8) is 0 Å². The number of hydrogen-bond acceptors (Lipinski definition) is 4. The van der Waals surface area contributed by atoms with Crippen molar-refractivity contribution < 1.29 is 14.3 Å². The van der Waals surface area contributed by atoms with E-state index in [4.69, 9.17) is 4.74 Å². The van der Waals surface area contributed by atoms with E-state index in [0.717, 1.165) is 37.7 Å². The largest absolute Gasteiger partial charge is 0.467 e. The molecule has 3 rings (SSSR count). The van der Waals surface area contributed by atoms with Crippen molar-refractivity contribution in [3.05, 3.63) is 21.4 Å². The Morgan fingerprint density at radius 2 is 2.09 bits per heavy atom. The Hall–Kier alpha value is -1.36. The van der Waals surface area contributed by atoms with E-state index in [2.05, 4.69) is 12.2 Å². The molecule has 1 fully saturated rings. The Kier molecular flexibility index (Phi) is 4.26. The van der Waals surface area contributed by atoms with Crippen molar-refractivity contribution in [1.82, 2.24) is 5.32 Å². The molecule has 0 radical (unpaired) electrons. The zero-order chi connectivity index (χ0) is 15.7. The molecule has 0 spiro atoms. The minimum Gasteiger partial charge on any atom is -0.467 e. The second-order valence-corrected chi connectivity index (χ2v) is 7.60. The van der Waals surface area contributed by atoms with Crippen molar-refractivity contribution in [1.29, 1.82) is 0 Å². The molecular weight excluding hydrogens is 298 g/mol. The van der Waals surface area contributed by atoms with Gasteiger partial charge in [0.25, 0.3) is 5.91 Å². The van der Waals surface area contributed by atoms with Gasteiger partial charge in [-0.1, -0.05) is 19.8 Å². The SMILES string of the molecule is COC(=O)C1(NC(=O)c2csc3c2CCC(C)C3)CCCC1. The molecule has 1 saturated carbocycles. The van der Waals surface area contributed by atoms with E-state index in [9.17, 15) is 9.59 Å². The van der Waals surface area contributed by atoms with Gasteiger partial charge in [-0.2, -0.15) is 0 Å². The predicted molar refractivity (Wildman–Crippen MR) is 86.2 cm³/mol. The Morgan fingerprint density at radius 3 is 2.77 bits per heavy atom. The molecule has 0 saturated heterocycles. The van der Waals surface area contributed by atoms with Gasteiger partial charge in [-0.15, -0.1) is 11.3 Å². The molecule has 22 heavy (non-hydrogen) atoms. The zero-order valence-corrected chi connectivity index (χ0v) is 14.1.